The second-order valence-electron chi connectivity index (χ2n) is 5.65. The van der Waals surface area contributed by atoms with Crippen LogP contribution in [-0.2, 0) is 4.79 Å². The molecule has 0 radical (unpaired) electrons. The molecule has 0 fully saturated rings. The van der Waals surface area contributed by atoms with Crippen molar-refractivity contribution < 1.29 is 13.6 Å². The van der Waals surface area contributed by atoms with Crippen LogP contribution in [0.4, 0.5) is 37.6 Å². The molecule has 29 heavy (non-hydrogen) atoms. The van der Waals surface area contributed by atoms with Gasteiger partial charge in [-0.3, -0.25) is 4.79 Å². The molecule has 0 aliphatic carbocycles. The fourth-order valence-electron chi connectivity index (χ4n) is 2.25. The maximum atomic E-state index is 14.1. The van der Waals surface area contributed by atoms with Gasteiger partial charge in [-0.15, -0.1) is 0 Å². The normalized spacial score (nSPS) is 10.3. The van der Waals surface area contributed by atoms with E-state index < -0.39 is 17.5 Å². The first-order chi connectivity index (χ1) is 13.9. The Labute approximate surface area is 178 Å². The molecule has 0 saturated carbocycles. The predicted molar refractivity (Wildman–Crippen MR) is 113 cm³/mol. The number of hydrogen-bond acceptors (Lipinski definition) is 5. The van der Waals surface area contributed by atoms with E-state index in [4.69, 9.17) is 11.6 Å². The lowest BCUT2D eigenvalue weighted by Crippen LogP contribution is -2.09. The second kappa shape index (κ2) is 8.97. The van der Waals surface area contributed by atoms with Crippen LogP contribution < -0.4 is 16.0 Å². The highest BCUT2D eigenvalue weighted by atomic mass is 79.9. The summed E-state index contributed by atoms with van der Waals surface area (Å²) in [5.74, 6) is -1.36. The van der Waals surface area contributed by atoms with Crippen molar-refractivity contribution in [1.82, 2.24) is 9.97 Å². The van der Waals surface area contributed by atoms with Crippen molar-refractivity contribution in [2.45, 2.75) is 0 Å². The first-order valence-electron chi connectivity index (χ1n) is 8.10. The van der Waals surface area contributed by atoms with Crippen molar-refractivity contribution in [2.24, 2.45) is 0 Å². The second-order valence-corrected chi connectivity index (χ2v) is 6.98. The molecule has 1 heterocycles. The Morgan fingerprint density at radius 3 is 2.62 bits per heavy atom. The lowest BCUT2D eigenvalue weighted by Gasteiger charge is -2.12. The van der Waals surface area contributed by atoms with Crippen LogP contribution in [0.2, 0.25) is 5.02 Å². The van der Waals surface area contributed by atoms with Gasteiger partial charge in [-0.2, -0.15) is 4.98 Å². The van der Waals surface area contributed by atoms with Crippen LogP contribution in [0.1, 0.15) is 0 Å². The maximum absolute atomic E-state index is 14.1. The largest absolute Gasteiger partial charge is 0.336 e. The van der Waals surface area contributed by atoms with E-state index in [1.165, 1.54) is 36.5 Å². The molecule has 0 bridgehead atoms. The van der Waals surface area contributed by atoms with Gasteiger partial charge in [0.15, 0.2) is 5.82 Å². The number of nitrogens with zero attached hydrogens (tertiary/aromatic N) is 2. The summed E-state index contributed by atoms with van der Waals surface area (Å²) < 4.78 is 28.5. The number of anilines is 5. The highest BCUT2D eigenvalue weighted by Gasteiger charge is 2.11. The zero-order chi connectivity index (χ0) is 21.0. The molecular weight excluding hydrogens is 468 g/mol. The van der Waals surface area contributed by atoms with Crippen molar-refractivity contribution in [3.63, 3.8) is 0 Å². The van der Waals surface area contributed by atoms with E-state index in [1.807, 2.05) is 0 Å². The highest BCUT2D eigenvalue weighted by Crippen LogP contribution is 2.28. The first-order valence-corrected chi connectivity index (χ1v) is 9.27. The van der Waals surface area contributed by atoms with E-state index in [1.54, 1.807) is 6.07 Å². The van der Waals surface area contributed by atoms with E-state index in [-0.39, 0.29) is 28.2 Å². The quantitative estimate of drug-likeness (QED) is 0.390. The summed E-state index contributed by atoms with van der Waals surface area (Å²) in [5.41, 5.74) is 0.550. The molecule has 0 aliphatic heterocycles. The van der Waals surface area contributed by atoms with Gasteiger partial charge >= 0.3 is 0 Å². The standard InChI is InChI=1S/C19H13BrClF2N5O/c1-2-17(29)26-16-8-11(4-5-13(16)22)25-19-24-9-12(21)18(28-19)27-15-6-3-10(20)7-14(15)23/h2-9H,1H2,(H,26,29)(H2,24,25,27,28). The molecule has 0 spiro atoms. The molecule has 0 aliphatic rings. The van der Waals surface area contributed by atoms with Crippen molar-refractivity contribution in [3.8, 4) is 0 Å². The van der Waals surface area contributed by atoms with Gasteiger partial charge in [0.1, 0.15) is 16.7 Å². The molecular formula is C19H13BrClF2N5O. The van der Waals surface area contributed by atoms with Gasteiger partial charge in [-0.25, -0.2) is 13.8 Å². The predicted octanol–water partition coefficient (Wildman–Crippen LogP) is 5.78. The smallest absolute Gasteiger partial charge is 0.247 e. The Morgan fingerprint density at radius 2 is 1.90 bits per heavy atom. The van der Waals surface area contributed by atoms with Crippen LogP contribution in [-0.4, -0.2) is 15.9 Å². The molecule has 1 amide bonds. The number of nitrogens with one attached hydrogen (secondary N) is 3. The van der Waals surface area contributed by atoms with Gasteiger partial charge < -0.3 is 16.0 Å². The van der Waals surface area contributed by atoms with Gasteiger partial charge in [0.05, 0.1) is 17.6 Å². The number of halogens is 4. The van der Waals surface area contributed by atoms with Crippen LogP contribution in [0.5, 0.6) is 0 Å². The van der Waals surface area contributed by atoms with E-state index in [0.29, 0.717) is 10.2 Å². The Bertz CT molecular complexity index is 1100. The minimum atomic E-state index is -0.615. The Morgan fingerprint density at radius 1 is 1.10 bits per heavy atom. The minimum Gasteiger partial charge on any atom is -0.336 e. The zero-order valence-corrected chi connectivity index (χ0v) is 17.0. The van der Waals surface area contributed by atoms with E-state index in [2.05, 4.69) is 48.4 Å². The summed E-state index contributed by atoms with van der Waals surface area (Å²) in [5, 5.41) is 8.21. The van der Waals surface area contributed by atoms with Crippen molar-refractivity contribution in [3.05, 3.63) is 76.4 Å². The number of benzene rings is 2. The van der Waals surface area contributed by atoms with Crippen LogP contribution in [0.25, 0.3) is 0 Å². The van der Waals surface area contributed by atoms with Crippen LogP contribution >= 0.6 is 27.5 Å². The van der Waals surface area contributed by atoms with Gasteiger partial charge in [0.2, 0.25) is 11.9 Å². The molecule has 148 valence electrons. The zero-order valence-electron chi connectivity index (χ0n) is 14.6. The summed E-state index contributed by atoms with van der Waals surface area (Å²) in [6, 6.07) is 8.48. The monoisotopic (exact) mass is 479 g/mol. The molecule has 0 atom stereocenters. The lowest BCUT2D eigenvalue weighted by molar-refractivity contribution is -0.111. The third kappa shape index (κ3) is 5.27. The third-order valence-electron chi connectivity index (χ3n) is 3.59. The Hall–Kier alpha value is -3.04. The maximum Gasteiger partial charge on any atom is 0.247 e. The first kappa shape index (κ1) is 20.7. The van der Waals surface area contributed by atoms with Crippen LogP contribution in [0.15, 0.2) is 59.7 Å². The lowest BCUT2D eigenvalue weighted by atomic mass is 10.2. The van der Waals surface area contributed by atoms with Crippen molar-refractivity contribution >= 4 is 62.3 Å². The topological polar surface area (TPSA) is 78.9 Å². The molecule has 0 unspecified atom stereocenters. The molecule has 3 N–H and O–H groups in total. The number of amides is 1. The van der Waals surface area contributed by atoms with Gasteiger partial charge in [-0.05, 0) is 42.5 Å². The number of carbonyl (C=O) groups excluding carboxylic acids is 1. The Balaban J connectivity index is 1.83. The third-order valence-corrected chi connectivity index (χ3v) is 4.36. The van der Waals surface area contributed by atoms with E-state index >= 15 is 0 Å². The average Bonchev–Trinajstić information content (AvgIpc) is 2.69. The molecule has 3 rings (SSSR count). The number of carbonyl (C=O) groups is 1. The Kier molecular flexibility index (Phi) is 6.40. The van der Waals surface area contributed by atoms with Gasteiger partial charge in [-0.1, -0.05) is 34.1 Å². The van der Waals surface area contributed by atoms with E-state index in [9.17, 15) is 13.6 Å². The molecule has 3 aromatic rings. The van der Waals surface area contributed by atoms with Crippen LogP contribution in [0, 0.1) is 11.6 Å². The number of aromatic nitrogens is 2. The van der Waals surface area contributed by atoms with Gasteiger partial charge in [0.25, 0.3) is 0 Å². The molecule has 10 heteroatoms. The summed E-state index contributed by atoms with van der Waals surface area (Å²) in [6.07, 6.45) is 2.36. The SMILES string of the molecule is C=CC(=O)Nc1cc(Nc2ncc(Cl)c(Nc3ccc(Br)cc3F)n2)ccc1F. The number of hydrogen-bond donors (Lipinski definition) is 3. The molecule has 0 saturated heterocycles. The van der Waals surface area contributed by atoms with Crippen molar-refractivity contribution in [2.75, 3.05) is 16.0 Å². The average molecular weight is 481 g/mol. The molecule has 2 aromatic carbocycles. The van der Waals surface area contributed by atoms with Crippen LogP contribution in [0.3, 0.4) is 0 Å². The fourth-order valence-corrected chi connectivity index (χ4v) is 2.72. The molecule has 1 aromatic heterocycles. The summed E-state index contributed by atoms with van der Waals surface area (Å²) in [7, 11) is 0. The fraction of sp³-hybridized carbons (Fsp3) is 0. The summed E-state index contributed by atoms with van der Waals surface area (Å²) in [6.45, 7) is 3.32. The van der Waals surface area contributed by atoms with Crippen molar-refractivity contribution in [1.29, 1.82) is 0 Å². The van der Waals surface area contributed by atoms with E-state index in [0.717, 1.165) is 6.08 Å². The highest BCUT2D eigenvalue weighted by molar-refractivity contribution is 9.10. The van der Waals surface area contributed by atoms with Gasteiger partial charge in [0, 0.05) is 10.2 Å². The number of rotatable bonds is 6. The minimum absolute atomic E-state index is 0.0378. The molecule has 6 nitrogen and oxygen atoms in total. The summed E-state index contributed by atoms with van der Waals surface area (Å²) >= 11 is 9.29. The summed E-state index contributed by atoms with van der Waals surface area (Å²) in [4.78, 5) is 19.7.